The number of nitrogens with zero attached hydrogens (tertiary/aromatic N) is 2. The summed E-state index contributed by atoms with van der Waals surface area (Å²) in [6.07, 6.45) is 5.61. The summed E-state index contributed by atoms with van der Waals surface area (Å²) < 4.78 is 5.37. The van der Waals surface area contributed by atoms with E-state index in [0.29, 0.717) is 16.3 Å². The number of likely N-dealkylation sites (tertiary alicyclic amines) is 1. The number of amides is 1. The van der Waals surface area contributed by atoms with Gasteiger partial charge in [-0.1, -0.05) is 60.8 Å². The summed E-state index contributed by atoms with van der Waals surface area (Å²) in [6, 6.07) is 25.1. The second-order valence-corrected chi connectivity index (χ2v) is 10.6. The van der Waals surface area contributed by atoms with Crippen LogP contribution in [0.5, 0.6) is 5.75 Å². The number of hydrogen-bond acceptors (Lipinski definition) is 4. The van der Waals surface area contributed by atoms with Gasteiger partial charge in [0.15, 0.2) is 0 Å². The zero-order valence-electron chi connectivity index (χ0n) is 21.4. The van der Waals surface area contributed by atoms with Crippen molar-refractivity contribution in [1.82, 2.24) is 4.90 Å². The lowest BCUT2D eigenvalue weighted by Crippen LogP contribution is -2.57. The second kappa shape index (κ2) is 11.3. The molecule has 1 amide bonds. The van der Waals surface area contributed by atoms with Gasteiger partial charge in [0.05, 0.1) is 7.11 Å². The lowest BCUT2D eigenvalue weighted by Gasteiger charge is -2.49. The number of rotatable bonds is 6. The number of ether oxygens (including phenoxy) is 1. The van der Waals surface area contributed by atoms with Gasteiger partial charge in [-0.05, 0) is 73.7 Å². The van der Waals surface area contributed by atoms with Crippen molar-refractivity contribution in [2.24, 2.45) is 0 Å². The van der Waals surface area contributed by atoms with E-state index in [2.05, 4.69) is 17.0 Å². The molecule has 1 aliphatic carbocycles. The third-order valence-corrected chi connectivity index (χ3v) is 8.31. The number of methoxy groups -OCH3 is 1. The third kappa shape index (κ3) is 5.40. The van der Waals surface area contributed by atoms with Gasteiger partial charge < -0.3 is 14.7 Å². The molecule has 5 rings (SSSR count). The molecule has 194 valence electrons. The van der Waals surface area contributed by atoms with Crippen LogP contribution in [0.2, 0.25) is 5.02 Å². The largest absolute Gasteiger partial charge is 0.497 e. The minimum Gasteiger partial charge on any atom is -0.497 e. The van der Waals surface area contributed by atoms with E-state index in [1.165, 1.54) is 0 Å². The van der Waals surface area contributed by atoms with Crippen LogP contribution in [0.3, 0.4) is 0 Å². The van der Waals surface area contributed by atoms with Crippen molar-refractivity contribution in [3.63, 3.8) is 0 Å². The first-order valence-corrected chi connectivity index (χ1v) is 13.6. The predicted molar refractivity (Wildman–Crippen MR) is 148 cm³/mol. The van der Waals surface area contributed by atoms with Gasteiger partial charge >= 0.3 is 0 Å². The van der Waals surface area contributed by atoms with Gasteiger partial charge in [-0.25, -0.2) is 0 Å². The van der Waals surface area contributed by atoms with E-state index in [9.17, 15) is 9.90 Å². The number of carbonyl (C=O) groups is 1. The number of piperidine rings is 1. The maximum Gasteiger partial charge on any atom is 0.258 e. The van der Waals surface area contributed by atoms with Crippen molar-refractivity contribution in [2.45, 2.75) is 56.2 Å². The summed E-state index contributed by atoms with van der Waals surface area (Å²) >= 11 is 6.17. The van der Waals surface area contributed by atoms with E-state index in [4.69, 9.17) is 16.3 Å². The molecule has 3 aromatic carbocycles. The average molecular weight is 519 g/mol. The van der Waals surface area contributed by atoms with Crippen LogP contribution >= 0.6 is 11.6 Å². The molecular formula is C31H35ClN2O3. The zero-order chi connectivity index (χ0) is 25.8. The molecule has 5 nitrogen and oxygen atoms in total. The Labute approximate surface area is 224 Å². The molecule has 2 fully saturated rings. The molecule has 0 aromatic heterocycles. The van der Waals surface area contributed by atoms with Crippen molar-refractivity contribution in [2.75, 3.05) is 25.1 Å². The normalized spacial score (nSPS) is 22.9. The molecule has 0 spiro atoms. The molecule has 2 unspecified atom stereocenters. The molecular weight excluding hydrogens is 484 g/mol. The van der Waals surface area contributed by atoms with E-state index in [0.717, 1.165) is 62.9 Å². The van der Waals surface area contributed by atoms with E-state index < -0.39 is 5.60 Å². The molecule has 6 heteroatoms. The van der Waals surface area contributed by atoms with E-state index in [1.54, 1.807) is 13.2 Å². The molecule has 1 saturated carbocycles. The molecule has 1 N–H and O–H groups in total. The monoisotopic (exact) mass is 518 g/mol. The van der Waals surface area contributed by atoms with Crippen LogP contribution in [-0.2, 0) is 5.60 Å². The van der Waals surface area contributed by atoms with Gasteiger partial charge in [0.1, 0.15) is 11.4 Å². The van der Waals surface area contributed by atoms with Gasteiger partial charge in [-0.2, -0.15) is 0 Å². The molecule has 1 saturated heterocycles. The molecule has 2 atom stereocenters. The first-order chi connectivity index (χ1) is 18.0. The van der Waals surface area contributed by atoms with E-state index in [1.807, 2.05) is 65.6 Å². The average Bonchev–Trinajstić information content (AvgIpc) is 2.95. The van der Waals surface area contributed by atoms with Crippen LogP contribution < -0.4 is 9.64 Å². The Kier molecular flexibility index (Phi) is 7.84. The van der Waals surface area contributed by atoms with Gasteiger partial charge in [0.2, 0.25) is 0 Å². The predicted octanol–water partition coefficient (Wildman–Crippen LogP) is 6.29. The molecule has 37 heavy (non-hydrogen) atoms. The number of carbonyl (C=O) groups excluding carboxylic acids is 1. The highest BCUT2D eigenvalue weighted by molar-refractivity contribution is 6.30. The van der Waals surface area contributed by atoms with Crippen molar-refractivity contribution in [3.05, 3.63) is 95.0 Å². The molecule has 0 bridgehead atoms. The Balaban J connectivity index is 1.38. The fraction of sp³-hybridized carbons (Fsp3) is 0.387. The first-order valence-electron chi connectivity index (χ1n) is 13.2. The smallest absolute Gasteiger partial charge is 0.258 e. The minimum atomic E-state index is -0.835. The van der Waals surface area contributed by atoms with Crippen molar-refractivity contribution in [3.8, 4) is 5.75 Å². The Morgan fingerprint density at radius 3 is 2.41 bits per heavy atom. The van der Waals surface area contributed by atoms with Crippen molar-refractivity contribution in [1.29, 1.82) is 0 Å². The number of anilines is 1. The standard InChI is InChI=1S/C31H35ClN2O3/c1-37-28-11-7-8-23(22-28)30(35)34(26-15-13-25(32)14-16-26)27-17-20-33(21-18-27)29-12-5-6-19-31(29,36)24-9-3-2-4-10-24/h2-4,7-11,13-16,22,27,29,36H,5-6,12,17-21H2,1H3. The van der Waals surface area contributed by atoms with E-state index in [-0.39, 0.29) is 18.0 Å². The summed E-state index contributed by atoms with van der Waals surface area (Å²) in [5, 5.41) is 12.5. The van der Waals surface area contributed by atoms with Gasteiger partial charge in [0.25, 0.3) is 5.91 Å². The fourth-order valence-electron chi connectivity index (χ4n) is 6.13. The highest BCUT2D eigenvalue weighted by Crippen LogP contribution is 2.41. The zero-order valence-corrected chi connectivity index (χ0v) is 22.1. The maximum absolute atomic E-state index is 13.9. The number of hydrogen-bond donors (Lipinski definition) is 1. The highest BCUT2D eigenvalue weighted by Gasteiger charge is 2.44. The lowest BCUT2D eigenvalue weighted by molar-refractivity contribution is -0.0850. The van der Waals surface area contributed by atoms with Crippen LogP contribution in [0, 0.1) is 0 Å². The van der Waals surface area contributed by atoms with Crippen molar-refractivity contribution >= 4 is 23.2 Å². The summed E-state index contributed by atoms with van der Waals surface area (Å²) in [7, 11) is 1.61. The summed E-state index contributed by atoms with van der Waals surface area (Å²) in [5.74, 6) is 0.618. The Morgan fingerprint density at radius 1 is 0.973 bits per heavy atom. The van der Waals surface area contributed by atoms with Crippen molar-refractivity contribution < 1.29 is 14.6 Å². The third-order valence-electron chi connectivity index (χ3n) is 8.06. The van der Waals surface area contributed by atoms with Gasteiger partial charge in [-0.15, -0.1) is 0 Å². The van der Waals surface area contributed by atoms with Gasteiger partial charge in [-0.3, -0.25) is 9.69 Å². The van der Waals surface area contributed by atoms with Crippen LogP contribution in [0.1, 0.15) is 54.4 Å². The lowest BCUT2D eigenvalue weighted by atomic mass is 9.74. The number of benzene rings is 3. The minimum absolute atomic E-state index is 0.0434. The second-order valence-electron chi connectivity index (χ2n) is 10.2. The Hall–Kier alpha value is -2.86. The van der Waals surface area contributed by atoms with Crippen LogP contribution in [0.15, 0.2) is 78.9 Å². The summed E-state index contributed by atoms with van der Waals surface area (Å²) in [6.45, 7) is 1.67. The quantitative estimate of drug-likeness (QED) is 0.416. The number of halogens is 1. The van der Waals surface area contributed by atoms with Crippen LogP contribution in [-0.4, -0.2) is 48.2 Å². The maximum atomic E-state index is 13.9. The molecule has 0 radical (unpaired) electrons. The Bertz CT molecular complexity index is 1190. The number of aliphatic hydroxyl groups is 1. The molecule has 2 aliphatic rings. The van der Waals surface area contributed by atoms with E-state index >= 15 is 0 Å². The molecule has 1 aliphatic heterocycles. The Morgan fingerprint density at radius 2 is 1.70 bits per heavy atom. The van der Waals surface area contributed by atoms with Crippen LogP contribution in [0.25, 0.3) is 0 Å². The van der Waals surface area contributed by atoms with Gasteiger partial charge in [0, 0.05) is 41.4 Å². The topological polar surface area (TPSA) is 53.0 Å². The summed E-state index contributed by atoms with van der Waals surface area (Å²) in [5.41, 5.74) is 1.62. The fourth-order valence-corrected chi connectivity index (χ4v) is 6.26. The molecule has 1 heterocycles. The summed E-state index contributed by atoms with van der Waals surface area (Å²) in [4.78, 5) is 18.2. The first kappa shape index (κ1) is 25.8. The SMILES string of the molecule is COc1cccc(C(=O)N(c2ccc(Cl)cc2)C2CCN(C3CCCCC3(O)c3ccccc3)CC2)c1. The highest BCUT2D eigenvalue weighted by atomic mass is 35.5. The van der Waals surface area contributed by atoms with Crippen LogP contribution in [0.4, 0.5) is 5.69 Å². The molecule has 3 aromatic rings.